The molecule has 112 valence electrons. The van der Waals surface area contributed by atoms with Crippen molar-refractivity contribution in [3.63, 3.8) is 0 Å². The number of nitrogens with one attached hydrogen (secondary N) is 1. The van der Waals surface area contributed by atoms with Gasteiger partial charge in [0.1, 0.15) is 0 Å². The monoisotopic (exact) mass is 285 g/mol. The number of rotatable bonds is 7. The van der Waals surface area contributed by atoms with E-state index in [0.29, 0.717) is 19.5 Å². The third-order valence-corrected chi connectivity index (χ3v) is 3.59. The highest BCUT2D eigenvalue weighted by atomic mass is 16.2. The van der Waals surface area contributed by atoms with E-state index in [1.54, 1.807) is 11.0 Å². The first-order valence-corrected chi connectivity index (χ1v) is 7.37. The van der Waals surface area contributed by atoms with Crippen LogP contribution in [0.15, 0.2) is 43.1 Å². The molecule has 1 heterocycles. The maximum absolute atomic E-state index is 12.4. The molecule has 0 saturated heterocycles. The van der Waals surface area contributed by atoms with Gasteiger partial charge < -0.3 is 15.6 Å². The summed E-state index contributed by atoms with van der Waals surface area (Å²) in [6.45, 7) is 7.02. The van der Waals surface area contributed by atoms with Gasteiger partial charge in [-0.2, -0.15) is 0 Å². The highest BCUT2D eigenvalue weighted by Crippen LogP contribution is 2.19. The lowest BCUT2D eigenvalue weighted by Gasteiger charge is -2.24. The molecule has 4 nitrogen and oxygen atoms in total. The second-order valence-corrected chi connectivity index (χ2v) is 5.24. The molecule has 0 aliphatic heterocycles. The number of benzene rings is 1. The number of hydrogen-bond acceptors (Lipinski definition) is 2. The molecule has 1 unspecified atom stereocenters. The second-order valence-electron chi connectivity index (χ2n) is 5.24. The van der Waals surface area contributed by atoms with Crippen LogP contribution in [-0.4, -0.2) is 34.9 Å². The van der Waals surface area contributed by atoms with Crippen LogP contribution in [0, 0.1) is 0 Å². The van der Waals surface area contributed by atoms with Gasteiger partial charge in [-0.3, -0.25) is 4.79 Å². The van der Waals surface area contributed by atoms with Gasteiger partial charge in [0.25, 0.3) is 0 Å². The molecule has 1 amide bonds. The normalized spacial score (nSPS) is 12.3. The Morgan fingerprint density at radius 3 is 2.95 bits per heavy atom. The number of aromatic amines is 1. The average Bonchev–Trinajstić information content (AvgIpc) is 2.89. The van der Waals surface area contributed by atoms with Gasteiger partial charge >= 0.3 is 0 Å². The predicted octanol–water partition coefficient (Wildman–Crippen LogP) is 2.46. The number of hydrogen-bond donors (Lipinski definition) is 2. The number of nitrogens with zero attached hydrogens (tertiary/aromatic N) is 1. The topological polar surface area (TPSA) is 62.1 Å². The molecule has 1 atom stereocenters. The molecule has 2 aromatic rings. The minimum Gasteiger partial charge on any atom is -0.361 e. The summed E-state index contributed by atoms with van der Waals surface area (Å²) in [5, 5.41) is 1.13. The second kappa shape index (κ2) is 7.09. The maximum atomic E-state index is 12.4. The third kappa shape index (κ3) is 3.52. The third-order valence-electron chi connectivity index (χ3n) is 3.59. The van der Waals surface area contributed by atoms with Crippen LogP contribution >= 0.6 is 0 Å². The molecule has 0 radical (unpaired) electrons. The van der Waals surface area contributed by atoms with Crippen molar-refractivity contribution in [1.29, 1.82) is 0 Å². The smallest absolute Gasteiger partial charge is 0.240 e. The van der Waals surface area contributed by atoms with Gasteiger partial charge in [-0.25, -0.2) is 0 Å². The highest BCUT2D eigenvalue weighted by molar-refractivity contribution is 5.86. The van der Waals surface area contributed by atoms with Crippen LogP contribution in [0.25, 0.3) is 10.9 Å². The fraction of sp³-hybridized carbons (Fsp3) is 0.353. The van der Waals surface area contributed by atoms with Crippen LogP contribution in [-0.2, 0) is 11.2 Å². The Bertz CT molecular complexity index is 617. The van der Waals surface area contributed by atoms with E-state index in [4.69, 9.17) is 5.73 Å². The molecule has 0 fully saturated rings. The van der Waals surface area contributed by atoms with E-state index >= 15 is 0 Å². The van der Waals surface area contributed by atoms with E-state index in [-0.39, 0.29) is 5.91 Å². The molecule has 1 aromatic carbocycles. The fourth-order valence-corrected chi connectivity index (χ4v) is 2.58. The van der Waals surface area contributed by atoms with Crippen molar-refractivity contribution in [2.45, 2.75) is 25.8 Å². The number of aromatic nitrogens is 1. The summed E-state index contributed by atoms with van der Waals surface area (Å²) in [7, 11) is 0. The Labute approximate surface area is 125 Å². The highest BCUT2D eigenvalue weighted by Gasteiger charge is 2.21. The zero-order chi connectivity index (χ0) is 15.2. The summed E-state index contributed by atoms with van der Waals surface area (Å²) < 4.78 is 0. The maximum Gasteiger partial charge on any atom is 0.240 e. The van der Waals surface area contributed by atoms with E-state index in [9.17, 15) is 4.79 Å². The molecular formula is C17H23N3O. The molecule has 0 aliphatic rings. The van der Waals surface area contributed by atoms with E-state index in [2.05, 4.69) is 18.5 Å². The largest absolute Gasteiger partial charge is 0.361 e. The number of fused-ring (bicyclic) bond motifs is 1. The molecule has 21 heavy (non-hydrogen) atoms. The van der Waals surface area contributed by atoms with Crippen molar-refractivity contribution in [2.75, 3.05) is 13.1 Å². The lowest BCUT2D eigenvalue weighted by molar-refractivity contribution is -0.132. The molecule has 3 N–H and O–H groups in total. The van der Waals surface area contributed by atoms with Gasteiger partial charge in [0.2, 0.25) is 5.91 Å². The van der Waals surface area contributed by atoms with Gasteiger partial charge in [-0.15, -0.1) is 6.58 Å². The van der Waals surface area contributed by atoms with Crippen molar-refractivity contribution in [3.05, 3.63) is 48.7 Å². The van der Waals surface area contributed by atoms with Crippen LogP contribution in [0.5, 0.6) is 0 Å². The Hall–Kier alpha value is -2.07. The van der Waals surface area contributed by atoms with E-state index in [1.165, 1.54) is 0 Å². The van der Waals surface area contributed by atoms with Crippen molar-refractivity contribution in [3.8, 4) is 0 Å². The number of H-pyrrole nitrogens is 1. The Morgan fingerprint density at radius 2 is 2.24 bits per heavy atom. The Morgan fingerprint density at radius 1 is 1.48 bits per heavy atom. The first-order valence-electron chi connectivity index (χ1n) is 7.37. The molecule has 0 aliphatic carbocycles. The summed E-state index contributed by atoms with van der Waals surface area (Å²) >= 11 is 0. The summed E-state index contributed by atoms with van der Waals surface area (Å²) in [6.07, 6.45) is 5.14. The zero-order valence-electron chi connectivity index (χ0n) is 12.5. The van der Waals surface area contributed by atoms with Crippen LogP contribution < -0.4 is 5.73 Å². The van der Waals surface area contributed by atoms with Crippen molar-refractivity contribution in [2.24, 2.45) is 5.73 Å². The lowest BCUT2D eigenvalue weighted by Crippen LogP contribution is -2.45. The van der Waals surface area contributed by atoms with Crippen molar-refractivity contribution in [1.82, 2.24) is 9.88 Å². The summed E-state index contributed by atoms with van der Waals surface area (Å²) in [4.78, 5) is 17.4. The van der Waals surface area contributed by atoms with Gasteiger partial charge in [0.05, 0.1) is 6.04 Å². The fourth-order valence-electron chi connectivity index (χ4n) is 2.58. The quantitative estimate of drug-likeness (QED) is 0.768. The minimum absolute atomic E-state index is 0.0120. The number of carbonyl (C=O) groups is 1. The minimum atomic E-state index is -0.518. The van der Waals surface area contributed by atoms with E-state index in [0.717, 1.165) is 22.9 Å². The summed E-state index contributed by atoms with van der Waals surface area (Å²) in [5.74, 6) is -0.0120. The summed E-state index contributed by atoms with van der Waals surface area (Å²) in [5.41, 5.74) is 8.28. The molecule has 4 heteroatoms. The molecular weight excluding hydrogens is 262 g/mol. The predicted molar refractivity (Wildman–Crippen MR) is 87.0 cm³/mol. The first kappa shape index (κ1) is 15.3. The number of nitrogens with two attached hydrogens (primary N) is 1. The molecule has 0 bridgehead atoms. The van der Waals surface area contributed by atoms with Crippen molar-refractivity contribution < 1.29 is 4.79 Å². The number of amides is 1. The SMILES string of the molecule is C=CCN(CCC)C(=O)C(N)Cc1c[nH]c2ccccc12. The Kier molecular flexibility index (Phi) is 5.17. The van der Waals surface area contributed by atoms with Gasteiger partial charge in [-0.05, 0) is 24.5 Å². The van der Waals surface area contributed by atoms with Crippen LogP contribution in [0.2, 0.25) is 0 Å². The van der Waals surface area contributed by atoms with Gasteiger partial charge in [-0.1, -0.05) is 31.2 Å². The lowest BCUT2D eigenvalue weighted by atomic mass is 10.0. The first-order chi connectivity index (χ1) is 10.2. The van der Waals surface area contributed by atoms with Crippen LogP contribution in [0.4, 0.5) is 0 Å². The van der Waals surface area contributed by atoms with Crippen LogP contribution in [0.1, 0.15) is 18.9 Å². The van der Waals surface area contributed by atoms with Crippen LogP contribution in [0.3, 0.4) is 0 Å². The number of para-hydroxylation sites is 1. The molecule has 1 aromatic heterocycles. The van der Waals surface area contributed by atoms with Gasteiger partial charge in [0, 0.05) is 30.2 Å². The van der Waals surface area contributed by atoms with E-state index in [1.807, 2.05) is 30.5 Å². The van der Waals surface area contributed by atoms with Gasteiger partial charge in [0.15, 0.2) is 0 Å². The number of carbonyl (C=O) groups excluding carboxylic acids is 1. The standard InChI is InChI=1S/C17H23N3O/c1-3-9-20(10-4-2)17(21)15(18)11-13-12-19-16-8-6-5-7-14(13)16/h3,5-8,12,15,19H,1,4,9-11,18H2,2H3. The molecule has 2 rings (SSSR count). The zero-order valence-corrected chi connectivity index (χ0v) is 12.5. The average molecular weight is 285 g/mol. The van der Waals surface area contributed by atoms with E-state index < -0.39 is 6.04 Å². The molecule has 0 saturated carbocycles. The van der Waals surface area contributed by atoms with Crippen molar-refractivity contribution >= 4 is 16.8 Å². The Balaban J connectivity index is 2.11. The summed E-state index contributed by atoms with van der Waals surface area (Å²) in [6, 6.07) is 7.53. The molecule has 0 spiro atoms.